The van der Waals surface area contributed by atoms with Gasteiger partial charge in [0.05, 0.1) is 18.2 Å². The van der Waals surface area contributed by atoms with Gasteiger partial charge in [-0.1, -0.05) is 6.07 Å². The van der Waals surface area contributed by atoms with Crippen LogP contribution in [0.5, 0.6) is 5.75 Å². The lowest BCUT2D eigenvalue weighted by atomic mass is 10.00. The number of aromatic nitrogens is 2. The first-order valence-corrected chi connectivity index (χ1v) is 6.14. The van der Waals surface area contributed by atoms with Crippen molar-refractivity contribution in [2.24, 2.45) is 0 Å². The number of hydrogen-bond acceptors (Lipinski definition) is 3. The molecule has 1 N–H and O–H groups in total. The Morgan fingerprint density at radius 2 is 2.24 bits per heavy atom. The number of carbonyl (C=O) groups is 1. The first-order valence-electron chi connectivity index (χ1n) is 6.14. The van der Waals surface area contributed by atoms with E-state index >= 15 is 0 Å². The summed E-state index contributed by atoms with van der Waals surface area (Å²) >= 11 is 0. The number of ether oxygens (including phenoxy) is 1. The molecule has 0 aliphatic carbocycles. The fourth-order valence-electron chi connectivity index (χ4n) is 2.27. The topological polar surface area (TPSA) is 63.8 Å². The molecule has 106 valence electrons. The van der Waals surface area contributed by atoms with Crippen LogP contribution < -0.4 is 4.74 Å². The van der Waals surface area contributed by atoms with Crippen LogP contribution in [0, 0.1) is 5.82 Å². The second-order valence-corrected chi connectivity index (χ2v) is 4.42. The molecule has 0 saturated carbocycles. The van der Waals surface area contributed by atoms with Crippen molar-refractivity contribution >= 4 is 11.6 Å². The van der Waals surface area contributed by atoms with Crippen molar-refractivity contribution in [3.63, 3.8) is 0 Å². The number of hydrogen-bond donors (Lipinski definition) is 1. The van der Waals surface area contributed by atoms with Crippen LogP contribution in [-0.2, 0) is 0 Å². The number of nitrogens with zero attached hydrogens (tertiary/aromatic N) is 2. The molecular formula is C15H11FN2O3. The fraction of sp³-hybridized carbons (Fsp3) is 0.0667. The Bertz CT molecular complexity index is 842. The van der Waals surface area contributed by atoms with Gasteiger partial charge in [-0.05, 0) is 18.2 Å². The smallest absolute Gasteiger partial charge is 0.337 e. The van der Waals surface area contributed by atoms with E-state index in [4.69, 9.17) is 4.74 Å². The van der Waals surface area contributed by atoms with Crippen molar-refractivity contribution in [3.05, 3.63) is 54.2 Å². The number of pyridine rings is 1. The molecule has 0 fully saturated rings. The van der Waals surface area contributed by atoms with Gasteiger partial charge >= 0.3 is 5.97 Å². The van der Waals surface area contributed by atoms with Crippen LogP contribution >= 0.6 is 0 Å². The van der Waals surface area contributed by atoms with Crippen molar-refractivity contribution in [3.8, 4) is 16.9 Å². The minimum atomic E-state index is -1.15. The Morgan fingerprint density at radius 1 is 1.43 bits per heavy atom. The predicted octanol–water partition coefficient (Wildman–Crippen LogP) is 2.85. The summed E-state index contributed by atoms with van der Waals surface area (Å²) in [4.78, 5) is 15.6. The Morgan fingerprint density at radius 3 is 2.95 bits per heavy atom. The average Bonchev–Trinajstić information content (AvgIpc) is 2.92. The summed E-state index contributed by atoms with van der Waals surface area (Å²) < 4.78 is 20.9. The standard InChI is InChI=1S/C15H11FN2O3/c1-21-12-4-2-3-11(16)14(12)9-7-13-17-5-6-18(13)8-10(9)15(19)20/h2-8H,1H3,(H,19,20). The van der Waals surface area contributed by atoms with Crippen molar-refractivity contribution in [1.29, 1.82) is 0 Å². The van der Waals surface area contributed by atoms with Gasteiger partial charge in [0, 0.05) is 24.2 Å². The molecule has 0 amide bonds. The highest BCUT2D eigenvalue weighted by molar-refractivity contribution is 5.97. The summed E-state index contributed by atoms with van der Waals surface area (Å²) in [6, 6.07) is 5.88. The molecule has 0 radical (unpaired) electrons. The minimum Gasteiger partial charge on any atom is -0.496 e. The van der Waals surface area contributed by atoms with Crippen molar-refractivity contribution in [1.82, 2.24) is 9.38 Å². The number of carboxylic acids is 1. The zero-order valence-corrected chi connectivity index (χ0v) is 11.1. The molecule has 0 saturated heterocycles. The van der Waals surface area contributed by atoms with E-state index in [1.54, 1.807) is 22.9 Å². The molecule has 5 nitrogen and oxygen atoms in total. The quantitative estimate of drug-likeness (QED) is 0.804. The molecular weight excluding hydrogens is 275 g/mol. The van der Waals surface area contributed by atoms with Crippen LogP contribution in [0.2, 0.25) is 0 Å². The number of methoxy groups -OCH3 is 1. The number of fused-ring (bicyclic) bond motifs is 1. The third-order valence-corrected chi connectivity index (χ3v) is 3.23. The molecule has 3 rings (SSSR count). The van der Waals surface area contributed by atoms with E-state index in [9.17, 15) is 14.3 Å². The maximum absolute atomic E-state index is 14.2. The van der Waals surface area contributed by atoms with Crippen molar-refractivity contribution in [2.45, 2.75) is 0 Å². The minimum absolute atomic E-state index is 0.0242. The third-order valence-electron chi connectivity index (χ3n) is 3.23. The summed E-state index contributed by atoms with van der Waals surface area (Å²) in [7, 11) is 1.41. The molecule has 1 aromatic carbocycles. The van der Waals surface area contributed by atoms with Gasteiger partial charge < -0.3 is 14.2 Å². The highest BCUT2D eigenvalue weighted by atomic mass is 19.1. The summed E-state index contributed by atoms with van der Waals surface area (Å²) in [5.41, 5.74) is 0.850. The van der Waals surface area contributed by atoms with Crippen LogP contribution in [-0.4, -0.2) is 27.6 Å². The maximum Gasteiger partial charge on any atom is 0.337 e. The van der Waals surface area contributed by atoms with Gasteiger partial charge in [-0.15, -0.1) is 0 Å². The summed E-state index contributed by atoms with van der Waals surface area (Å²) in [5.74, 6) is -1.42. The van der Waals surface area contributed by atoms with Crippen LogP contribution in [0.1, 0.15) is 10.4 Å². The van der Waals surface area contributed by atoms with Crippen LogP contribution in [0.4, 0.5) is 4.39 Å². The Balaban J connectivity index is 2.38. The van der Waals surface area contributed by atoms with E-state index in [0.29, 0.717) is 5.65 Å². The van der Waals surface area contributed by atoms with E-state index in [1.165, 1.54) is 31.5 Å². The lowest BCUT2D eigenvalue weighted by molar-refractivity contribution is 0.0697. The van der Waals surface area contributed by atoms with Gasteiger partial charge in [0.2, 0.25) is 0 Å². The molecule has 0 unspecified atom stereocenters. The SMILES string of the molecule is COc1cccc(F)c1-c1cc2nccn2cc1C(=O)O. The molecule has 2 heterocycles. The fourth-order valence-corrected chi connectivity index (χ4v) is 2.27. The second kappa shape index (κ2) is 4.90. The molecule has 0 aliphatic rings. The van der Waals surface area contributed by atoms with Gasteiger partial charge in [0.1, 0.15) is 17.2 Å². The molecule has 0 spiro atoms. The van der Waals surface area contributed by atoms with E-state index in [2.05, 4.69) is 4.98 Å². The normalized spacial score (nSPS) is 10.8. The predicted molar refractivity (Wildman–Crippen MR) is 74.1 cm³/mol. The number of halogens is 1. The van der Waals surface area contributed by atoms with Gasteiger partial charge in [0.15, 0.2) is 0 Å². The summed E-state index contributed by atoms with van der Waals surface area (Å²) in [5, 5.41) is 9.38. The van der Waals surface area contributed by atoms with Gasteiger partial charge in [-0.2, -0.15) is 0 Å². The largest absolute Gasteiger partial charge is 0.496 e. The van der Waals surface area contributed by atoms with Gasteiger partial charge in [0.25, 0.3) is 0 Å². The van der Waals surface area contributed by atoms with E-state index in [1.807, 2.05) is 0 Å². The van der Waals surface area contributed by atoms with Crippen molar-refractivity contribution in [2.75, 3.05) is 7.11 Å². The van der Waals surface area contributed by atoms with Crippen molar-refractivity contribution < 1.29 is 19.0 Å². The third kappa shape index (κ3) is 2.10. The number of carboxylic acid groups (broad SMARTS) is 1. The van der Waals surface area contributed by atoms with Crippen LogP contribution in [0.25, 0.3) is 16.8 Å². The number of aromatic carboxylic acids is 1. The molecule has 0 bridgehead atoms. The molecule has 0 aliphatic heterocycles. The Hall–Kier alpha value is -2.89. The molecule has 2 aromatic heterocycles. The zero-order valence-electron chi connectivity index (χ0n) is 11.1. The monoisotopic (exact) mass is 286 g/mol. The Kier molecular flexibility index (Phi) is 3.06. The van der Waals surface area contributed by atoms with E-state index in [0.717, 1.165) is 0 Å². The molecule has 21 heavy (non-hydrogen) atoms. The first kappa shape index (κ1) is 13.1. The summed E-state index contributed by atoms with van der Waals surface area (Å²) in [6.07, 6.45) is 4.58. The highest BCUT2D eigenvalue weighted by Gasteiger charge is 2.20. The number of benzene rings is 1. The average molecular weight is 286 g/mol. The second-order valence-electron chi connectivity index (χ2n) is 4.42. The lowest BCUT2D eigenvalue weighted by Gasteiger charge is -2.12. The van der Waals surface area contributed by atoms with Crippen LogP contribution in [0.3, 0.4) is 0 Å². The number of imidazole rings is 1. The van der Waals surface area contributed by atoms with Gasteiger partial charge in [-0.25, -0.2) is 14.2 Å². The van der Waals surface area contributed by atoms with Gasteiger partial charge in [-0.3, -0.25) is 0 Å². The highest BCUT2D eigenvalue weighted by Crippen LogP contribution is 2.35. The number of rotatable bonds is 3. The Labute approximate surface area is 119 Å². The molecule has 0 atom stereocenters. The summed E-state index contributed by atoms with van der Waals surface area (Å²) in [6.45, 7) is 0. The first-order chi connectivity index (χ1) is 10.1. The lowest BCUT2D eigenvalue weighted by Crippen LogP contribution is -2.04. The van der Waals surface area contributed by atoms with Crippen LogP contribution in [0.15, 0.2) is 42.9 Å². The van der Waals surface area contributed by atoms with E-state index in [-0.39, 0.29) is 22.4 Å². The van der Waals surface area contributed by atoms with E-state index < -0.39 is 11.8 Å². The zero-order chi connectivity index (χ0) is 15.0. The molecule has 6 heteroatoms. The molecule has 3 aromatic rings. The maximum atomic E-state index is 14.2.